The molecule has 0 aliphatic carbocycles. The van der Waals surface area contributed by atoms with E-state index in [-0.39, 0.29) is 0 Å². The highest BCUT2D eigenvalue weighted by atomic mass is 16.5. The zero-order chi connectivity index (χ0) is 29.7. The molecule has 6 aromatic rings. The third-order valence-corrected chi connectivity index (χ3v) is 8.83. The highest BCUT2D eigenvalue weighted by Gasteiger charge is 2.23. The Morgan fingerprint density at radius 2 is 1.24 bits per heavy atom. The van der Waals surface area contributed by atoms with Gasteiger partial charge >= 0.3 is 0 Å². The van der Waals surface area contributed by atoms with E-state index >= 15 is 0 Å². The molecule has 3 aliphatic heterocycles. The van der Waals surface area contributed by atoms with E-state index in [9.17, 15) is 0 Å². The van der Waals surface area contributed by atoms with Gasteiger partial charge in [0.2, 0.25) is 0 Å². The Hall–Kier alpha value is -5.94. The Kier molecular flexibility index (Phi) is 5.88. The first kappa shape index (κ1) is 25.5. The van der Waals surface area contributed by atoms with Crippen molar-refractivity contribution in [3.8, 4) is 50.9 Å². The van der Waals surface area contributed by atoms with E-state index in [0.29, 0.717) is 0 Å². The van der Waals surface area contributed by atoms with Crippen molar-refractivity contribution in [3.05, 3.63) is 151 Å². The van der Waals surface area contributed by atoms with E-state index in [2.05, 4.69) is 100 Å². The molecule has 5 aromatic carbocycles. The van der Waals surface area contributed by atoms with Crippen LogP contribution >= 0.6 is 0 Å². The lowest BCUT2D eigenvalue weighted by atomic mass is 9.96. The molecule has 0 fully saturated rings. The van der Waals surface area contributed by atoms with Crippen LogP contribution in [0.4, 0.5) is 0 Å². The van der Waals surface area contributed by atoms with Gasteiger partial charge in [-0.3, -0.25) is 0 Å². The molecular weight excluding hydrogens is 554 g/mol. The Labute approximate surface area is 261 Å². The number of benzene rings is 5. The summed E-state index contributed by atoms with van der Waals surface area (Å²) in [5, 5.41) is 7.97. The lowest BCUT2D eigenvalue weighted by molar-refractivity contribution is 0.472. The molecule has 0 unspecified atom stereocenters. The standard InChI is InChI=1S/C40H29N3O2/c1-4-12-35-29(9-1)34-25-42-21-19-36(34)43(35)28-16-18-33-32-17-15-26(27-8-7-20-41-24-27)22-39(32)44-37-13-5-2-10-30(37)31-11-3-6-14-38(31)45-40(33)23-28/h1-23,41-42H,24-25H2. The number of aromatic nitrogens is 1. The fraction of sp³-hybridized carbons (Fsp3) is 0.0500. The van der Waals surface area contributed by atoms with Crippen LogP contribution in [0, 0.1) is 0 Å². The summed E-state index contributed by atoms with van der Waals surface area (Å²) in [6, 6.07) is 38.0. The van der Waals surface area contributed by atoms with Gasteiger partial charge in [0.1, 0.15) is 23.0 Å². The van der Waals surface area contributed by atoms with Crippen molar-refractivity contribution in [2.45, 2.75) is 6.54 Å². The number of nitrogens with zero attached hydrogens (tertiary/aromatic N) is 1. The topological polar surface area (TPSA) is 47.5 Å². The molecular formula is C40H29N3O2. The predicted molar refractivity (Wildman–Crippen MR) is 182 cm³/mol. The maximum Gasteiger partial charge on any atom is 0.137 e. The van der Waals surface area contributed by atoms with Crippen molar-refractivity contribution in [2.75, 3.05) is 6.54 Å². The fourth-order valence-electron chi connectivity index (χ4n) is 6.70. The lowest BCUT2D eigenvalue weighted by Crippen LogP contribution is -2.11. The first-order chi connectivity index (χ1) is 22.3. The van der Waals surface area contributed by atoms with Gasteiger partial charge in [0.05, 0.1) is 11.2 Å². The number of fused-ring (bicyclic) bond motifs is 9. The minimum absolute atomic E-state index is 0.765. The van der Waals surface area contributed by atoms with E-state index < -0.39 is 0 Å². The van der Waals surface area contributed by atoms with Crippen LogP contribution < -0.4 is 20.1 Å². The van der Waals surface area contributed by atoms with Crippen molar-refractivity contribution in [3.63, 3.8) is 0 Å². The zero-order valence-electron chi connectivity index (χ0n) is 24.5. The van der Waals surface area contributed by atoms with Gasteiger partial charge in [-0.05, 0) is 78.2 Å². The van der Waals surface area contributed by atoms with Crippen molar-refractivity contribution in [2.24, 2.45) is 0 Å². The molecule has 5 nitrogen and oxygen atoms in total. The minimum Gasteiger partial charge on any atom is -0.456 e. The van der Waals surface area contributed by atoms with E-state index in [4.69, 9.17) is 9.47 Å². The molecule has 3 aliphatic rings. The predicted octanol–water partition coefficient (Wildman–Crippen LogP) is 9.44. The molecule has 0 amide bonds. The second kappa shape index (κ2) is 10.4. The van der Waals surface area contributed by atoms with Crippen LogP contribution in [0.15, 0.2) is 134 Å². The highest BCUT2D eigenvalue weighted by Crippen LogP contribution is 2.48. The number of para-hydroxylation sites is 3. The molecule has 0 bridgehead atoms. The van der Waals surface area contributed by atoms with Gasteiger partial charge in [-0.25, -0.2) is 0 Å². The zero-order valence-corrected chi connectivity index (χ0v) is 24.5. The molecule has 0 saturated carbocycles. The molecule has 0 saturated heterocycles. The molecule has 216 valence electrons. The number of hydrogen-bond acceptors (Lipinski definition) is 4. The number of allylic oxidation sites excluding steroid dienone is 2. The molecule has 0 radical (unpaired) electrons. The van der Waals surface area contributed by atoms with Crippen LogP contribution in [0.2, 0.25) is 0 Å². The monoisotopic (exact) mass is 583 g/mol. The van der Waals surface area contributed by atoms with E-state index in [1.165, 1.54) is 27.7 Å². The van der Waals surface area contributed by atoms with Gasteiger partial charge in [-0.15, -0.1) is 0 Å². The fourth-order valence-corrected chi connectivity index (χ4v) is 6.70. The summed E-state index contributed by atoms with van der Waals surface area (Å²) in [5.41, 5.74) is 10.9. The van der Waals surface area contributed by atoms with Crippen LogP contribution in [0.5, 0.6) is 23.0 Å². The number of nitrogens with one attached hydrogen (secondary N) is 2. The van der Waals surface area contributed by atoms with Crippen molar-refractivity contribution >= 4 is 22.6 Å². The average Bonchev–Trinajstić information content (AvgIpc) is 3.44. The first-order valence-electron chi connectivity index (χ1n) is 15.3. The Morgan fingerprint density at radius 1 is 0.578 bits per heavy atom. The molecule has 1 aromatic heterocycles. The summed E-state index contributed by atoms with van der Waals surface area (Å²) < 4.78 is 16.1. The molecule has 0 atom stereocenters. The van der Waals surface area contributed by atoms with E-state index in [1.807, 2.05) is 54.9 Å². The largest absolute Gasteiger partial charge is 0.456 e. The summed E-state index contributed by atoms with van der Waals surface area (Å²) in [4.78, 5) is 0. The normalized spacial score (nSPS) is 14.3. The van der Waals surface area contributed by atoms with Gasteiger partial charge in [0.15, 0.2) is 0 Å². The molecule has 2 N–H and O–H groups in total. The first-order valence-corrected chi connectivity index (χ1v) is 15.3. The van der Waals surface area contributed by atoms with Crippen molar-refractivity contribution in [1.82, 2.24) is 15.2 Å². The van der Waals surface area contributed by atoms with Gasteiger partial charge in [-0.2, -0.15) is 0 Å². The smallest absolute Gasteiger partial charge is 0.137 e. The number of rotatable bonds is 2. The van der Waals surface area contributed by atoms with Crippen LogP contribution in [-0.4, -0.2) is 11.1 Å². The Balaban J connectivity index is 1.29. The summed E-state index contributed by atoms with van der Waals surface area (Å²) in [7, 11) is 0. The Morgan fingerprint density at radius 3 is 2.02 bits per heavy atom. The van der Waals surface area contributed by atoms with E-state index in [1.54, 1.807) is 0 Å². The second-order valence-electron chi connectivity index (χ2n) is 11.5. The third kappa shape index (κ3) is 4.24. The number of ether oxygens (including phenoxy) is 2. The van der Waals surface area contributed by atoms with Crippen LogP contribution in [0.1, 0.15) is 16.8 Å². The minimum atomic E-state index is 0.765. The van der Waals surface area contributed by atoms with Gasteiger partial charge < -0.3 is 24.7 Å². The highest BCUT2D eigenvalue weighted by molar-refractivity contribution is 5.91. The molecule has 4 heterocycles. The quantitative estimate of drug-likeness (QED) is 0.213. The summed E-state index contributed by atoms with van der Waals surface area (Å²) in [6.07, 6.45) is 10.3. The maximum absolute atomic E-state index is 6.94. The number of dihydropyridines is 1. The summed E-state index contributed by atoms with van der Waals surface area (Å²) in [5.74, 6) is 3.11. The molecule has 0 spiro atoms. The molecule has 45 heavy (non-hydrogen) atoms. The SMILES string of the molecule is C1=CNCC(c2ccc3c(c2)Oc2ccccc2-c2ccccc2Oc2cc(-n4c5c(c6ccccc64)CNC=C5)ccc2-3)=C1. The molecule has 5 heteroatoms. The van der Waals surface area contributed by atoms with Crippen molar-refractivity contribution in [1.29, 1.82) is 0 Å². The lowest BCUT2D eigenvalue weighted by Gasteiger charge is -2.23. The molecule has 9 rings (SSSR count). The summed E-state index contributed by atoms with van der Waals surface area (Å²) in [6.45, 7) is 1.56. The Bertz CT molecular complexity index is 2240. The van der Waals surface area contributed by atoms with Gasteiger partial charge in [-0.1, -0.05) is 66.7 Å². The third-order valence-electron chi connectivity index (χ3n) is 8.83. The van der Waals surface area contributed by atoms with Crippen LogP contribution in [-0.2, 0) is 6.54 Å². The van der Waals surface area contributed by atoms with Crippen molar-refractivity contribution < 1.29 is 9.47 Å². The maximum atomic E-state index is 6.94. The van der Waals surface area contributed by atoms with Gasteiger partial charge in [0, 0.05) is 58.0 Å². The number of hydrogen-bond donors (Lipinski definition) is 2. The second-order valence-corrected chi connectivity index (χ2v) is 11.5. The average molecular weight is 584 g/mol. The van der Waals surface area contributed by atoms with Gasteiger partial charge in [0.25, 0.3) is 0 Å². The van der Waals surface area contributed by atoms with Crippen LogP contribution in [0.3, 0.4) is 0 Å². The van der Waals surface area contributed by atoms with E-state index in [0.717, 1.165) is 69.6 Å². The summed E-state index contributed by atoms with van der Waals surface area (Å²) >= 11 is 0. The van der Waals surface area contributed by atoms with Crippen LogP contribution in [0.25, 0.3) is 50.5 Å².